The average molecular weight is 348 g/mol. The van der Waals surface area contributed by atoms with Crippen LogP contribution in [0.5, 0.6) is 5.88 Å². The molecule has 1 aromatic carbocycles. The summed E-state index contributed by atoms with van der Waals surface area (Å²) in [6.45, 7) is 1.97. The number of fused-ring (bicyclic) bond motifs is 1. The predicted molar refractivity (Wildman–Crippen MR) is 87.4 cm³/mol. The van der Waals surface area contributed by atoms with E-state index in [0.717, 1.165) is 17.5 Å². The van der Waals surface area contributed by atoms with Gasteiger partial charge in [-0.1, -0.05) is 12.1 Å². The number of alkyl halides is 3. The number of nitrogens with zero attached hydrogens (tertiary/aromatic N) is 3. The molecule has 0 saturated carbocycles. The summed E-state index contributed by atoms with van der Waals surface area (Å²) in [4.78, 5) is 4.36. The maximum Gasteiger partial charge on any atom is 0.416 e. The zero-order chi connectivity index (χ0) is 18.0. The number of aromatic nitrogens is 3. The molecule has 5 nitrogen and oxygen atoms in total. The Labute approximate surface area is 141 Å². The highest BCUT2D eigenvalue weighted by atomic mass is 19.4. The van der Waals surface area contributed by atoms with Gasteiger partial charge in [0.05, 0.1) is 18.4 Å². The van der Waals surface area contributed by atoms with Crippen molar-refractivity contribution >= 4 is 16.7 Å². The Kier molecular flexibility index (Phi) is 4.43. The van der Waals surface area contributed by atoms with Crippen LogP contribution in [-0.4, -0.2) is 22.3 Å². The minimum absolute atomic E-state index is 0.162. The van der Waals surface area contributed by atoms with Crippen molar-refractivity contribution in [2.75, 3.05) is 12.4 Å². The predicted octanol–water partition coefficient (Wildman–Crippen LogP) is 3.97. The highest BCUT2D eigenvalue weighted by Gasteiger charge is 2.30. The number of halogens is 3. The second-order valence-electron chi connectivity index (χ2n) is 5.44. The molecule has 0 aliphatic carbocycles. The Hall–Kier alpha value is -2.90. The number of benzene rings is 1. The zero-order valence-electron chi connectivity index (χ0n) is 13.6. The number of anilines is 1. The number of methoxy groups -OCH3 is 1. The molecule has 0 aliphatic rings. The molecule has 0 bridgehead atoms. The quantitative estimate of drug-likeness (QED) is 0.773. The molecular weight excluding hydrogens is 333 g/mol. The third kappa shape index (κ3) is 3.62. The second kappa shape index (κ2) is 6.54. The SMILES string of the molecule is COc1ccc2c(C)nnc(NCc3cccc(C(F)(F)F)c3)c2n1. The van der Waals surface area contributed by atoms with Crippen LogP contribution in [0.15, 0.2) is 36.4 Å². The van der Waals surface area contributed by atoms with Gasteiger partial charge in [-0.3, -0.25) is 0 Å². The Morgan fingerprint density at radius 1 is 1.12 bits per heavy atom. The van der Waals surface area contributed by atoms with Gasteiger partial charge in [0.2, 0.25) is 5.88 Å². The molecule has 0 saturated heterocycles. The van der Waals surface area contributed by atoms with E-state index in [1.807, 2.05) is 6.07 Å². The van der Waals surface area contributed by atoms with Gasteiger partial charge in [-0.2, -0.15) is 18.3 Å². The lowest BCUT2D eigenvalue weighted by Gasteiger charge is -2.11. The van der Waals surface area contributed by atoms with E-state index < -0.39 is 11.7 Å². The minimum Gasteiger partial charge on any atom is -0.481 e. The molecule has 8 heteroatoms. The van der Waals surface area contributed by atoms with Crippen molar-refractivity contribution in [1.29, 1.82) is 0 Å². The number of ether oxygens (including phenoxy) is 1. The summed E-state index contributed by atoms with van der Waals surface area (Å²) >= 11 is 0. The van der Waals surface area contributed by atoms with Crippen molar-refractivity contribution < 1.29 is 17.9 Å². The van der Waals surface area contributed by atoms with Crippen molar-refractivity contribution in [2.24, 2.45) is 0 Å². The molecule has 0 amide bonds. The Morgan fingerprint density at radius 3 is 2.64 bits per heavy atom. The van der Waals surface area contributed by atoms with Gasteiger partial charge in [0.1, 0.15) is 5.52 Å². The van der Waals surface area contributed by atoms with E-state index in [-0.39, 0.29) is 6.54 Å². The van der Waals surface area contributed by atoms with Crippen LogP contribution in [0.1, 0.15) is 16.8 Å². The Bertz CT molecular complexity index is 912. The van der Waals surface area contributed by atoms with Gasteiger partial charge in [-0.15, -0.1) is 5.10 Å². The number of hydrogen-bond acceptors (Lipinski definition) is 5. The lowest BCUT2D eigenvalue weighted by atomic mass is 10.1. The summed E-state index contributed by atoms with van der Waals surface area (Å²) in [5, 5.41) is 11.9. The Morgan fingerprint density at radius 2 is 1.92 bits per heavy atom. The van der Waals surface area contributed by atoms with Crippen molar-refractivity contribution in [2.45, 2.75) is 19.6 Å². The summed E-state index contributed by atoms with van der Waals surface area (Å²) in [7, 11) is 1.51. The summed E-state index contributed by atoms with van der Waals surface area (Å²) < 4.78 is 43.5. The number of hydrogen-bond donors (Lipinski definition) is 1. The van der Waals surface area contributed by atoms with Gasteiger partial charge >= 0.3 is 6.18 Å². The van der Waals surface area contributed by atoms with Crippen LogP contribution in [0, 0.1) is 6.92 Å². The standard InChI is InChI=1S/C17H15F3N4O/c1-10-13-6-7-14(25-2)22-15(13)16(24-23-10)21-9-11-4-3-5-12(8-11)17(18,19)20/h3-8H,9H2,1-2H3,(H,21,24). The topological polar surface area (TPSA) is 59.9 Å². The van der Waals surface area contributed by atoms with Gasteiger partial charge in [-0.05, 0) is 30.7 Å². The van der Waals surface area contributed by atoms with Crippen molar-refractivity contribution in [1.82, 2.24) is 15.2 Å². The molecule has 2 heterocycles. The van der Waals surface area contributed by atoms with E-state index in [2.05, 4.69) is 20.5 Å². The summed E-state index contributed by atoms with van der Waals surface area (Å²) in [6.07, 6.45) is -4.37. The number of nitrogens with one attached hydrogen (secondary N) is 1. The molecule has 25 heavy (non-hydrogen) atoms. The molecule has 0 atom stereocenters. The van der Waals surface area contributed by atoms with Crippen LogP contribution < -0.4 is 10.1 Å². The van der Waals surface area contributed by atoms with E-state index in [4.69, 9.17) is 4.74 Å². The minimum atomic E-state index is -4.37. The number of pyridine rings is 1. The normalized spacial score (nSPS) is 11.6. The molecule has 0 spiro atoms. The van der Waals surface area contributed by atoms with Crippen molar-refractivity contribution in [3.05, 3.63) is 53.2 Å². The maximum absolute atomic E-state index is 12.8. The molecule has 0 aliphatic heterocycles. The molecule has 0 fully saturated rings. The fourth-order valence-electron chi connectivity index (χ4n) is 2.42. The first kappa shape index (κ1) is 16.9. The fourth-order valence-corrected chi connectivity index (χ4v) is 2.42. The van der Waals surface area contributed by atoms with E-state index in [1.165, 1.54) is 13.2 Å². The van der Waals surface area contributed by atoms with Crippen LogP contribution in [0.2, 0.25) is 0 Å². The second-order valence-corrected chi connectivity index (χ2v) is 5.44. The fraction of sp³-hybridized carbons (Fsp3) is 0.235. The molecule has 3 rings (SSSR count). The van der Waals surface area contributed by atoms with E-state index in [1.54, 1.807) is 19.1 Å². The van der Waals surface area contributed by atoms with E-state index >= 15 is 0 Å². The highest BCUT2D eigenvalue weighted by molar-refractivity contribution is 5.89. The van der Waals surface area contributed by atoms with Gasteiger partial charge in [0.15, 0.2) is 5.82 Å². The molecule has 130 valence electrons. The first-order valence-electron chi connectivity index (χ1n) is 7.46. The average Bonchev–Trinajstić information content (AvgIpc) is 2.60. The number of rotatable bonds is 4. The molecule has 3 aromatic rings. The van der Waals surface area contributed by atoms with Gasteiger partial charge in [0.25, 0.3) is 0 Å². The lowest BCUT2D eigenvalue weighted by Crippen LogP contribution is -2.08. The summed E-state index contributed by atoms with van der Waals surface area (Å²) in [6, 6.07) is 8.66. The molecule has 0 radical (unpaired) electrons. The van der Waals surface area contributed by atoms with Crippen LogP contribution in [0.4, 0.5) is 19.0 Å². The number of aryl methyl sites for hydroxylation is 1. The van der Waals surface area contributed by atoms with Crippen LogP contribution in [0.3, 0.4) is 0 Å². The van der Waals surface area contributed by atoms with Gasteiger partial charge in [0, 0.05) is 18.0 Å². The highest BCUT2D eigenvalue weighted by Crippen LogP contribution is 2.30. The largest absolute Gasteiger partial charge is 0.481 e. The maximum atomic E-state index is 12.8. The van der Waals surface area contributed by atoms with Gasteiger partial charge < -0.3 is 10.1 Å². The molecule has 0 unspecified atom stereocenters. The van der Waals surface area contributed by atoms with Crippen LogP contribution in [-0.2, 0) is 12.7 Å². The van der Waals surface area contributed by atoms with Crippen LogP contribution in [0.25, 0.3) is 10.9 Å². The lowest BCUT2D eigenvalue weighted by molar-refractivity contribution is -0.137. The first-order chi connectivity index (χ1) is 11.9. The summed E-state index contributed by atoms with van der Waals surface area (Å²) in [5.74, 6) is 0.805. The van der Waals surface area contributed by atoms with Gasteiger partial charge in [-0.25, -0.2) is 4.98 Å². The monoisotopic (exact) mass is 348 g/mol. The van der Waals surface area contributed by atoms with Crippen LogP contribution >= 0.6 is 0 Å². The van der Waals surface area contributed by atoms with Crippen molar-refractivity contribution in [3.63, 3.8) is 0 Å². The third-order valence-electron chi connectivity index (χ3n) is 3.71. The summed E-state index contributed by atoms with van der Waals surface area (Å²) in [5.41, 5.74) is 1.05. The van der Waals surface area contributed by atoms with Crippen molar-refractivity contribution in [3.8, 4) is 5.88 Å². The smallest absolute Gasteiger partial charge is 0.416 e. The zero-order valence-corrected chi connectivity index (χ0v) is 13.6. The van der Waals surface area contributed by atoms with E-state index in [0.29, 0.717) is 28.5 Å². The van der Waals surface area contributed by atoms with E-state index in [9.17, 15) is 13.2 Å². The Balaban J connectivity index is 1.90. The molecule has 1 N–H and O–H groups in total. The third-order valence-corrected chi connectivity index (χ3v) is 3.71. The first-order valence-corrected chi connectivity index (χ1v) is 7.46. The molecule has 2 aromatic heterocycles. The molecular formula is C17H15F3N4O.